The van der Waals surface area contributed by atoms with Crippen LogP contribution in [0.2, 0.25) is 15.1 Å². The molecule has 1 aromatic heterocycles. The molecule has 0 saturated heterocycles. The van der Waals surface area contributed by atoms with Crippen LogP contribution in [0.5, 0.6) is 0 Å². The van der Waals surface area contributed by atoms with Crippen LogP contribution >= 0.6 is 34.8 Å². The Kier molecular flexibility index (Phi) is 6.00. The lowest BCUT2D eigenvalue weighted by Crippen LogP contribution is -2.29. The number of hydrogen-bond donors (Lipinski definition) is 1. The molecular weight excluding hydrogens is 441 g/mol. The van der Waals surface area contributed by atoms with Gasteiger partial charge in [-0.05, 0) is 48.9 Å². The smallest absolute Gasteiger partial charge is 0.253 e. The normalized spacial score (nSPS) is 12.1. The Bertz CT molecular complexity index is 1240. The van der Waals surface area contributed by atoms with E-state index in [2.05, 4.69) is 9.88 Å². The molecule has 1 unspecified atom stereocenters. The fourth-order valence-electron chi connectivity index (χ4n) is 3.40. The summed E-state index contributed by atoms with van der Waals surface area (Å²) < 4.78 is 2.08. The van der Waals surface area contributed by atoms with Gasteiger partial charge in [0.1, 0.15) is 5.82 Å². The van der Waals surface area contributed by atoms with Crippen LogP contribution in [0.1, 0.15) is 34.7 Å². The molecule has 3 aromatic carbocycles. The van der Waals surface area contributed by atoms with Gasteiger partial charge in [0.2, 0.25) is 0 Å². The van der Waals surface area contributed by atoms with Crippen molar-refractivity contribution in [3.63, 3.8) is 0 Å². The van der Waals surface area contributed by atoms with Crippen LogP contribution in [0.4, 0.5) is 0 Å². The summed E-state index contributed by atoms with van der Waals surface area (Å²) in [5.74, 6) is 0.490. The SMILES string of the molecule is CC(NC(=O)c1ccccc1Cl)c1nc2ccccc2n1Cc1ccc(Cl)c(Cl)c1. The van der Waals surface area contributed by atoms with E-state index in [-0.39, 0.29) is 11.9 Å². The molecule has 0 bridgehead atoms. The Morgan fingerprint density at radius 3 is 2.47 bits per heavy atom. The molecule has 1 heterocycles. The van der Waals surface area contributed by atoms with Gasteiger partial charge in [-0.15, -0.1) is 0 Å². The zero-order valence-electron chi connectivity index (χ0n) is 16.1. The molecule has 0 aliphatic heterocycles. The number of nitrogens with one attached hydrogen (secondary N) is 1. The van der Waals surface area contributed by atoms with Crippen molar-refractivity contribution >= 4 is 51.7 Å². The average Bonchev–Trinajstić information content (AvgIpc) is 3.09. The first kappa shape index (κ1) is 20.7. The van der Waals surface area contributed by atoms with Gasteiger partial charge < -0.3 is 9.88 Å². The van der Waals surface area contributed by atoms with E-state index < -0.39 is 0 Å². The molecule has 1 atom stereocenters. The predicted molar refractivity (Wildman–Crippen MR) is 123 cm³/mol. The van der Waals surface area contributed by atoms with Gasteiger partial charge in [-0.3, -0.25) is 4.79 Å². The monoisotopic (exact) mass is 457 g/mol. The minimum absolute atomic E-state index is 0.249. The molecule has 4 rings (SSSR count). The molecule has 7 heteroatoms. The van der Waals surface area contributed by atoms with E-state index in [1.807, 2.05) is 43.3 Å². The molecule has 152 valence electrons. The Morgan fingerprint density at radius 2 is 1.70 bits per heavy atom. The van der Waals surface area contributed by atoms with Crippen molar-refractivity contribution in [2.75, 3.05) is 0 Å². The van der Waals surface area contributed by atoms with E-state index in [4.69, 9.17) is 39.8 Å². The second-order valence-corrected chi connectivity index (χ2v) is 8.19. The molecule has 4 aromatic rings. The third-order valence-corrected chi connectivity index (χ3v) is 5.93. The highest BCUT2D eigenvalue weighted by Gasteiger charge is 2.20. The summed E-state index contributed by atoms with van der Waals surface area (Å²) in [7, 11) is 0. The van der Waals surface area contributed by atoms with Crippen molar-refractivity contribution in [3.05, 3.63) is 98.7 Å². The number of benzene rings is 3. The molecule has 0 spiro atoms. The van der Waals surface area contributed by atoms with Crippen LogP contribution in [-0.2, 0) is 6.54 Å². The maximum Gasteiger partial charge on any atom is 0.253 e. The van der Waals surface area contributed by atoms with Gasteiger partial charge >= 0.3 is 0 Å². The van der Waals surface area contributed by atoms with Crippen LogP contribution in [0.3, 0.4) is 0 Å². The van der Waals surface area contributed by atoms with E-state index in [1.165, 1.54) is 0 Å². The summed E-state index contributed by atoms with van der Waals surface area (Å²) in [6.45, 7) is 2.44. The van der Waals surface area contributed by atoms with Crippen LogP contribution in [-0.4, -0.2) is 15.5 Å². The Labute approximate surface area is 189 Å². The number of nitrogens with zero attached hydrogens (tertiary/aromatic N) is 2. The number of halogens is 3. The Balaban J connectivity index is 1.69. The fraction of sp³-hybridized carbons (Fsp3) is 0.130. The minimum atomic E-state index is -0.344. The van der Waals surface area contributed by atoms with Gasteiger partial charge in [-0.25, -0.2) is 4.98 Å². The first-order chi connectivity index (χ1) is 14.4. The molecule has 30 heavy (non-hydrogen) atoms. The second-order valence-electron chi connectivity index (χ2n) is 6.97. The highest BCUT2D eigenvalue weighted by Crippen LogP contribution is 2.26. The average molecular weight is 459 g/mol. The summed E-state index contributed by atoms with van der Waals surface area (Å²) >= 11 is 18.4. The number of fused-ring (bicyclic) bond motifs is 1. The summed E-state index contributed by atoms with van der Waals surface area (Å²) in [4.78, 5) is 17.5. The third kappa shape index (κ3) is 4.17. The number of hydrogen-bond acceptors (Lipinski definition) is 2. The summed E-state index contributed by atoms with van der Waals surface area (Å²) in [6.07, 6.45) is 0. The molecule has 0 saturated carbocycles. The number of rotatable bonds is 5. The number of carbonyl (C=O) groups is 1. The van der Waals surface area contributed by atoms with E-state index >= 15 is 0 Å². The van der Waals surface area contributed by atoms with Crippen molar-refractivity contribution in [1.82, 2.24) is 14.9 Å². The predicted octanol–water partition coefficient (Wildman–Crippen LogP) is 6.54. The van der Waals surface area contributed by atoms with E-state index in [9.17, 15) is 4.79 Å². The van der Waals surface area contributed by atoms with Crippen molar-refractivity contribution in [2.24, 2.45) is 0 Å². The number of aromatic nitrogens is 2. The Morgan fingerprint density at radius 1 is 0.967 bits per heavy atom. The summed E-state index contributed by atoms with van der Waals surface area (Å²) in [5.41, 5.74) is 3.24. The fourth-order valence-corrected chi connectivity index (χ4v) is 3.94. The largest absolute Gasteiger partial charge is 0.342 e. The van der Waals surface area contributed by atoms with Gasteiger partial charge in [0.25, 0.3) is 5.91 Å². The van der Waals surface area contributed by atoms with E-state index in [0.717, 1.165) is 22.4 Å². The molecule has 0 aliphatic carbocycles. The molecule has 1 N–H and O–H groups in total. The quantitative estimate of drug-likeness (QED) is 0.369. The highest BCUT2D eigenvalue weighted by molar-refractivity contribution is 6.42. The van der Waals surface area contributed by atoms with Crippen molar-refractivity contribution < 1.29 is 4.79 Å². The maximum atomic E-state index is 12.8. The topological polar surface area (TPSA) is 46.9 Å². The van der Waals surface area contributed by atoms with Crippen LogP contribution in [0.25, 0.3) is 11.0 Å². The molecule has 0 radical (unpaired) electrons. The Hall–Kier alpha value is -2.53. The standard InChI is InChI=1S/C23H18Cl3N3O/c1-14(27-23(30)16-6-2-3-7-17(16)24)22-28-20-8-4-5-9-21(20)29(22)13-15-10-11-18(25)19(26)12-15/h2-12,14H,13H2,1H3,(H,27,30). The number of imidazole rings is 1. The lowest BCUT2D eigenvalue weighted by molar-refractivity contribution is 0.0938. The van der Waals surface area contributed by atoms with Crippen molar-refractivity contribution in [3.8, 4) is 0 Å². The van der Waals surface area contributed by atoms with Gasteiger partial charge in [-0.1, -0.05) is 65.1 Å². The first-order valence-electron chi connectivity index (χ1n) is 9.38. The lowest BCUT2D eigenvalue weighted by atomic mass is 10.2. The zero-order valence-corrected chi connectivity index (χ0v) is 18.3. The summed E-state index contributed by atoms with van der Waals surface area (Å²) in [5, 5.41) is 4.43. The molecule has 0 fully saturated rings. The second kappa shape index (κ2) is 8.68. The molecular formula is C23H18Cl3N3O. The van der Waals surface area contributed by atoms with Crippen molar-refractivity contribution in [2.45, 2.75) is 19.5 Å². The summed E-state index contributed by atoms with van der Waals surface area (Å²) in [6, 6.07) is 20.0. The molecule has 1 amide bonds. The van der Waals surface area contributed by atoms with Gasteiger partial charge in [-0.2, -0.15) is 0 Å². The minimum Gasteiger partial charge on any atom is -0.342 e. The van der Waals surface area contributed by atoms with Gasteiger partial charge in [0.15, 0.2) is 0 Å². The maximum absolute atomic E-state index is 12.8. The van der Waals surface area contributed by atoms with Crippen LogP contribution in [0, 0.1) is 0 Å². The zero-order chi connectivity index (χ0) is 21.3. The van der Waals surface area contributed by atoms with E-state index in [1.54, 1.807) is 30.3 Å². The number of carbonyl (C=O) groups excluding carboxylic acids is 1. The van der Waals surface area contributed by atoms with Crippen LogP contribution in [0.15, 0.2) is 66.7 Å². The van der Waals surface area contributed by atoms with Gasteiger partial charge in [0, 0.05) is 6.54 Å². The van der Waals surface area contributed by atoms with E-state index in [0.29, 0.717) is 27.2 Å². The number of para-hydroxylation sites is 2. The van der Waals surface area contributed by atoms with Gasteiger partial charge in [0.05, 0.1) is 37.7 Å². The number of amides is 1. The molecule has 4 nitrogen and oxygen atoms in total. The third-order valence-electron chi connectivity index (χ3n) is 4.86. The van der Waals surface area contributed by atoms with Crippen molar-refractivity contribution in [1.29, 1.82) is 0 Å². The highest BCUT2D eigenvalue weighted by atomic mass is 35.5. The molecule has 0 aliphatic rings. The van der Waals surface area contributed by atoms with Crippen LogP contribution < -0.4 is 5.32 Å². The first-order valence-corrected chi connectivity index (χ1v) is 10.5. The lowest BCUT2D eigenvalue weighted by Gasteiger charge is -2.17.